The SMILES string of the molecule is O=C(Cc1csc(N2CCOCC2)n1)N/N=C/c1ccccc1O. The number of morpholine rings is 1. The van der Waals surface area contributed by atoms with E-state index in [-0.39, 0.29) is 18.1 Å². The molecule has 2 aromatic rings. The van der Waals surface area contributed by atoms with Gasteiger partial charge in [-0.2, -0.15) is 5.10 Å². The predicted molar refractivity (Wildman–Crippen MR) is 92.7 cm³/mol. The number of ether oxygens (including phenoxy) is 1. The number of aromatic hydroxyl groups is 1. The van der Waals surface area contributed by atoms with Crippen LogP contribution in [0.1, 0.15) is 11.3 Å². The summed E-state index contributed by atoms with van der Waals surface area (Å²) in [4.78, 5) is 18.6. The molecule has 1 fully saturated rings. The fourth-order valence-electron chi connectivity index (χ4n) is 2.25. The summed E-state index contributed by atoms with van der Waals surface area (Å²) in [5.41, 5.74) is 3.71. The van der Waals surface area contributed by atoms with Crippen molar-refractivity contribution in [1.82, 2.24) is 10.4 Å². The number of benzene rings is 1. The number of carbonyl (C=O) groups is 1. The van der Waals surface area contributed by atoms with Crippen LogP contribution in [0.5, 0.6) is 5.75 Å². The van der Waals surface area contributed by atoms with Crippen molar-refractivity contribution in [1.29, 1.82) is 0 Å². The van der Waals surface area contributed by atoms with Crippen molar-refractivity contribution >= 4 is 28.6 Å². The average molecular weight is 346 g/mol. The van der Waals surface area contributed by atoms with E-state index in [1.54, 1.807) is 24.3 Å². The van der Waals surface area contributed by atoms with Crippen LogP contribution in [-0.4, -0.2) is 48.5 Å². The number of thiazole rings is 1. The minimum Gasteiger partial charge on any atom is -0.507 e. The minimum absolute atomic E-state index is 0.116. The second kappa shape index (κ2) is 7.89. The molecule has 2 heterocycles. The van der Waals surface area contributed by atoms with Gasteiger partial charge in [0.05, 0.1) is 31.5 Å². The summed E-state index contributed by atoms with van der Waals surface area (Å²) in [5, 5.41) is 16.3. The minimum atomic E-state index is -0.250. The van der Waals surface area contributed by atoms with Crippen LogP contribution < -0.4 is 10.3 Å². The van der Waals surface area contributed by atoms with Crippen molar-refractivity contribution in [3.63, 3.8) is 0 Å². The number of nitrogens with zero attached hydrogens (tertiary/aromatic N) is 3. The molecule has 7 nitrogen and oxygen atoms in total. The molecule has 0 atom stereocenters. The molecule has 1 aromatic carbocycles. The topological polar surface area (TPSA) is 87.1 Å². The Hall–Kier alpha value is -2.45. The maximum absolute atomic E-state index is 11.9. The van der Waals surface area contributed by atoms with E-state index in [2.05, 4.69) is 20.4 Å². The number of hydrogen-bond acceptors (Lipinski definition) is 7. The van der Waals surface area contributed by atoms with Gasteiger partial charge >= 0.3 is 0 Å². The van der Waals surface area contributed by atoms with Crippen LogP contribution in [0.4, 0.5) is 5.13 Å². The van der Waals surface area contributed by atoms with E-state index < -0.39 is 0 Å². The first-order valence-corrected chi connectivity index (χ1v) is 8.47. The highest BCUT2D eigenvalue weighted by Gasteiger charge is 2.15. The molecular weight excluding hydrogens is 328 g/mol. The van der Waals surface area contributed by atoms with Gasteiger partial charge in [0.25, 0.3) is 0 Å². The smallest absolute Gasteiger partial charge is 0.246 e. The lowest BCUT2D eigenvalue weighted by Gasteiger charge is -2.26. The third kappa shape index (κ3) is 4.30. The number of nitrogens with one attached hydrogen (secondary N) is 1. The van der Waals surface area contributed by atoms with Gasteiger partial charge in [-0.15, -0.1) is 11.3 Å². The molecule has 3 rings (SSSR count). The van der Waals surface area contributed by atoms with Crippen molar-refractivity contribution < 1.29 is 14.6 Å². The molecule has 0 radical (unpaired) electrons. The Labute approximate surface area is 143 Å². The molecule has 0 spiro atoms. The normalized spacial score (nSPS) is 14.9. The maximum Gasteiger partial charge on any atom is 0.246 e. The summed E-state index contributed by atoms with van der Waals surface area (Å²) >= 11 is 1.53. The van der Waals surface area contributed by atoms with Gasteiger partial charge in [-0.05, 0) is 12.1 Å². The summed E-state index contributed by atoms with van der Waals surface area (Å²) < 4.78 is 5.32. The highest BCUT2D eigenvalue weighted by molar-refractivity contribution is 7.13. The number of anilines is 1. The van der Waals surface area contributed by atoms with Crippen LogP contribution in [0.25, 0.3) is 0 Å². The van der Waals surface area contributed by atoms with Crippen molar-refractivity contribution in [3.8, 4) is 5.75 Å². The standard InChI is InChI=1S/C16H18N4O3S/c21-14-4-2-1-3-12(14)10-17-19-15(22)9-13-11-24-16(18-13)20-5-7-23-8-6-20/h1-4,10-11,21H,5-9H2,(H,19,22)/b17-10+. The Kier molecular flexibility index (Phi) is 5.39. The van der Waals surface area contributed by atoms with Crippen LogP contribution in [0, 0.1) is 0 Å². The molecular formula is C16H18N4O3S. The van der Waals surface area contributed by atoms with E-state index in [0.29, 0.717) is 18.8 Å². The van der Waals surface area contributed by atoms with E-state index >= 15 is 0 Å². The Morgan fingerprint density at radius 1 is 1.42 bits per heavy atom. The van der Waals surface area contributed by atoms with E-state index in [1.807, 2.05) is 5.38 Å². The van der Waals surface area contributed by atoms with Crippen LogP contribution in [0.2, 0.25) is 0 Å². The Morgan fingerprint density at radius 3 is 3.00 bits per heavy atom. The van der Waals surface area contributed by atoms with Crippen LogP contribution >= 0.6 is 11.3 Å². The first-order valence-electron chi connectivity index (χ1n) is 7.59. The highest BCUT2D eigenvalue weighted by Crippen LogP contribution is 2.21. The van der Waals surface area contributed by atoms with E-state index in [0.717, 1.165) is 23.9 Å². The summed E-state index contributed by atoms with van der Waals surface area (Å²) in [5.74, 6) is -0.134. The van der Waals surface area contributed by atoms with E-state index in [9.17, 15) is 9.90 Å². The predicted octanol–water partition coefficient (Wildman–Crippen LogP) is 1.38. The Morgan fingerprint density at radius 2 is 2.21 bits per heavy atom. The fourth-order valence-corrected chi connectivity index (χ4v) is 3.13. The summed E-state index contributed by atoms with van der Waals surface area (Å²) in [6, 6.07) is 6.77. The number of hydrazone groups is 1. The molecule has 126 valence electrons. The molecule has 1 aliphatic rings. The van der Waals surface area contributed by atoms with Crippen molar-refractivity contribution in [2.45, 2.75) is 6.42 Å². The van der Waals surface area contributed by atoms with Gasteiger partial charge in [0.2, 0.25) is 5.91 Å². The van der Waals surface area contributed by atoms with Crippen molar-refractivity contribution in [3.05, 3.63) is 40.9 Å². The van der Waals surface area contributed by atoms with Crippen molar-refractivity contribution in [2.75, 3.05) is 31.2 Å². The van der Waals surface area contributed by atoms with Gasteiger partial charge in [-0.3, -0.25) is 4.79 Å². The third-order valence-corrected chi connectivity index (χ3v) is 4.44. The third-order valence-electron chi connectivity index (χ3n) is 3.49. The van der Waals surface area contributed by atoms with E-state index in [1.165, 1.54) is 17.6 Å². The maximum atomic E-state index is 11.9. The first kappa shape index (κ1) is 16.4. The number of rotatable bonds is 5. The zero-order valence-electron chi connectivity index (χ0n) is 13.0. The van der Waals surface area contributed by atoms with Gasteiger partial charge in [0, 0.05) is 24.0 Å². The van der Waals surface area contributed by atoms with E-state index in [4.69, 9.17) is 4.74 Å². The molecule has 0 unspecified atom stereocenters. The van der Waals surface area contributed by atoms with Gasteiger partial charge in [-0.25, -0.2) is 10.4 Å². The second-order valence-electron chi connectivity index (χ2n) is 5.25. The number of hydrogen-bond donors (Lipinski definition) is 2. The molecule has 0 bridgehead atoms. The molecule has 2 N–H and O–H groups in total. The number of para-hydroxylation sites is 1. The largest absolute Gasteiger partial charge is 0.507 e. The number of aromatic nitrogens is 1. The molecule has 24 heavy (non-hydrogen) atoms. The molecule has 1 amide bonds. The van der Waals surface area contributed by atoms with Gasteiger partial charge in [-0.1, -0.05) is 12.1 Å². The zero-order valence-corrected chi connectivity index (χ0v) is 13.8. The van der Waals surface area contributed by atoms with Gasteiger partial charge in [0.1, 0.15) is 5.75 Å². The number of carbonyl (C=O) groups excluding carboxylic acids is 1. The van der Waals surface area contributed by atoms with Crippen LogP contribution in [0.3, 0.4) is 0 Å². The molecule has 1 aromatic heterocycles. The molecule has 1 aliphatic heterocycles. The zero-order chi connectivity index (χ0) is 16.8. The Balaban J connectivity index is 1.52. The lowest BCUT2D eigenvalue weighted by atomic mass is 10.2. The number of phenolic OH excluding ortho intramolecular Hbond substituents is 1. The molecule has 0 aliphatic carbocycles. The van der Waals surface area contributed by atoms with Crippen LogP contribution in [0.15, 0.2) is 34.7 Å². The average Bonchev–Trinajstić information content (AvgIpc) is 3.06. The highest BCUT2D eigenvalue weighted by atomic mass is 32.1. The summed E-state index contributed by atoms with van der Waals surface area (Å²) in [7, 11) is 0. The van der Waals surface area contributed by atoms with Gasteiger partial charge < -0.3 is 14.7 Å². The quantitative estimate of drug-likeness (QED) is 0.631. The molecule has 1 saturated heterocycles. The monoisotopic (exact) mass is 346 g/mol. The second-order valence-corrected chi connectivity index (χ2v) is 6.09. The lowest BCUT2D eigenvalue weighted by Crippen LogP contribution is -2.36. The van der Waals surface area contributed by atoms with Crippen LogP contribution in [-0.2, 0) is 16.0 Å². The van der Waals surface area contributed by atoms with Gasteiger partial charge in [0.15, 0.2) is 5.13 Å². The number of amides is 1. The van der Waals surface area contributed by atoms with Crippen molar-refractivity contribution in [2.24, 2.45) is 5.10 Å². The molecule has 8 heteroatoms. The Bertz CT molecular complexity index is 726. The summed E-state index contributed by atoms with van der Waals surface area (Å²) in [6.45, 7) is 3.06. The molecule has 0 saturated carbocycles. The fraction of sp³-hybridized carbons (Fsp3) is 0.312. The number of phenols is 1. The lowest BCUT2D eigenvalue weighted by molar-refractivity contribution is -0.120. The first-order chi connectivity index (χ1) is 11.7. The summed E-state index contributed by atoms with van der Waals surface area (Å²) in [6.07, 6.45) is 1.58.